The Morgan fingerprint density at radius 1 is 1.04 bits per heavy atom. The number of methoxy groups -OCH3 is 1. The van der Waals surface area contributed by atoms with Gasteiger partial charge in [0.15, 0.2) is 0 Å². The minimum absolute atomic E-state index is 0.234. The molecular weight excluding hydrogens is 312 g/mol. The van der Waals surface area contributed by atoms with Crippen LogP contribution in [0.4, 0.5) is 0 Å². The quantitative estimate of drug-likeness (QED) is 0.567. The smallest absolute Gasteiger partial charge is 0.130 e. The topological polar surface area (TPSA) is 18.5 Å². The van der Waals surface area contributed by atoms with Gasteiger partial charge in [-0.3, -0.25) is 0 Å². The fourth-order valence-corrected chi connectivity index (χ4v) is 8.56. The summed E-state index contributed by atoms with van der Waals surface area (Å²) in [6.45, 7) is 7.15. The van der Waals surface area contributed by atoms with Crippen LogP contribution in [0.25, 0.3) is 0 Å². The van der Waals surface area contributed by atoms with E-state index in [1.54, 1.807) is 12.7 Å². The van der Waals surface area contributed by atoms with Crippen LogP contribution in [0.1, 0.15) is 58.1 Å². The summed E-state index contributed by atoms with van der Waals surface area (Å²) < 4.78 is 12.1. The highest BCUT2D eigenvalue weighted by Crippen LogP contribution is 2.52. The predicted octanol–water partition coefficient (Wildman–Crippen LogP) is 6.26. The van der Waals surface area contributed by atoms with E-state index in [9.17, 15) is 0 Å². The molecule has 1 unspecified atom stereocenters. The van der Waals surface area contributed by atoms with E-state index in [2.05, 4.69) is 45.0 Å². The lowest BCUT2D eigenvalue weighted by Crippen LogP contribution is -2.35. The fourth-order valence-electron chi connectivity index (χ4n) is 4.73. The van der Waals surface area contributed by atoms with Gasteiger partial charge in [-0.1, -0.05) is 57.5 Å². The molecule has 2 aliphatic rings. The van der Waals surface area contributed by atoms with Crippen LogP contribution in [0.5, 0.6) is 5.75 Å². The third kappa shape index (κ3) is 2.92. The van der Waals surface area contributed by atoms with Crippen molar-refractivity contribution in [2.45, 2.75) is 70.7 Å². The lowest BCUT2D eigenvalue weighted by Gasteiger charge is -2.31. The molecule has 1 aliphatic carbocycles. The summed E-state index contributed by atoms with van der Waals surface area (Å²) in [5, 5.41) is 1.49. The van der Waals surface area contributed by atoms with Gasteiger partial charge in [0.25, 0.3) is 0 Å². The van der Waals surface area contributed by atoms with Gasteiger partial charge in [0.1, 0.15) is 19.9 Å². The van der Waals surface area contributed by atoms with Gasteiger partial charge in [0, 0.05) is 5.92 Å². The third-order valence-corrected chi connectivity index (χ3v) is 12.0. The van der Waals surface area contributed by atoms with Crippen molar-refractivity contribution in [1.82, 2.24) is 0 Å². The Labute approximate surface area is 148 Å². The van der Waals surface area contributed by atoms with Gasteiger partial charge in [0.2, 0.25) is 0 Å². The second-order valence-electron chi connectivity index (χ2n) is 7.36. The first-order valence-electron chi connectivity index (χ1n) is 9.73. The summed E-state index contributed by atoms with van der Waals surface area (Å²) in [6, 6.07) is 12.5. The van der Waals surface area contributed by atoms with E-state index in [-0.39, 0.29) is 6.10 Å². The Morgan fingerprint density at radius 2 is 1.71 bits per heavy atom. The molecule has 1 aromatic carbocycles. The Balaban J connectivity index is 1.95. The first-order chi connectivity index (χ1) is 11.7. The number of hydrogen-bond donors (Lipinski definition) is 0. The second-order valence-corrected chi connectivity index (χ2v) is 12.5. The zero-order valence-corrected chi connectivity index (χ0v) is 16.7. The van der Waals surface area contributed by atoms with Crippen molar-refractivity contribution < 1.29 is 9.47 Å². The van der Waals surface area contributed by atoms with E-state index in [1.165, 1.54) is 54.8 Å². The Bertz CT molecular complexity index is 578. The molecule has 2 nitrogen and oxygen atoms in total. The Kier molecular flexibility index (Phi) is 5.38. The summed E-state index contributed by atoms with van der Waals surface area (Å²) >= 11 is 0. The van der Waals surface area contributed by atoms with Crippen molar-refractivity contribution >= 4 is 8.07 Å². The van der Waals surface area contributed by atoms with Gasteiger partial charge in [-0.05, 0) is 42.5 Å². The molecule has 1 aromatic rings. The first-order valence-corrected chi connectivity index (χ1v) is 12.3. The average molecular weight is 345 g/mol. The Morgan fingerprint density at radius 3 is 2.29 bits per heavy atom. The lowest BCUT2D eigenvalue weighted by atomic mass is 9.80. The van der Waals surface area contributed by atoms with E-state index in [1.807, 2.05) is 0 Å². The van der Waals surface area contributed by atoms with Crippen LogP contribution in [0, 0.1) is 5.92 Å². The van der Waals surface area contributed by atoms with E-state index >= 15 is 0 Å². The maximum absolute atomic E-state index is 6.81. The van der Waals surface area contributed by atoms with Crippen LogP contribution in [0.2, 0.25) is 18.1 Å². The van der Waals surface area contributed by atoms with Crippen LogP contribution < -0.4 is 4.74 Å². The normalized spacial score (nSPS) is 23.8. The van der Waals surface area contributed by atoms with Crippen LogP contribution in [-0.4, -0.2) is 15.2 Å². The fraction of sp³-hybridized carbons (Fsp3) is 0.619. The highest BCUT2D eigenvalue weighted by Gasteiger charge is 2.46. The van der Waals surface area contributed by atoms with E-state index < -0.39 is 8.07 Å². The molecule has 0 radical (unpaired) electrons. The predicted molar refractivity (Wildman–Crippen MR) is 103 cm³/mol. The SMILES string of the molecule is CC[Si](CC)(CC)C1=C2CCCCC2[C@H](c2ccc(OC)cc2)O1. The molecule has 0 bridgehead atoms. The molecular formula is C21H32O2Si. The summed E-state index contributed by atoms with van der Waals surface area (Å²) in [6.07, 6.45) is 5.47. The largest absolute Gasteiger partial charge is 0.497 e. The molecule has 1 fully saturated rings. The molecule has 0 saturated heterocycles. The molecule has 1 aliphatic heterocycles. The van der Waals surface area contributed by atoms with Gasteiger partial charge in [-0.2, -0.15) is 0 Å². The second kappa shape index (κ2) is 7.34. The van der Waals surface area contributed by atoms with Gasteiger partial charge >= 0.3 is 0 Å². The summed E-state index contributed by atoms with van der Waals surface area (Å²) in [4.78, 5) is 0. The van der Waals surface area contributed by atoms with Gasteiger partial charge in [-0.15, -0.1) is 0 Å². The molecule has 1 saturated carbocycles. The standard InChI is InChI=1S/C21H32O2Si/c1-5-24(6-2,7-3)21-19-11-9-8-10-18(19)20(23-21)16-12-14-17(22-4)15-13-16/h12-15,18,20H,5-11H2,1-4H3/t18?,20-/m0/s1. The molecule has 3 rings (SSSR count). The molecule has 1 heterocycles. The zero-order chi connectivity index (χ0) is 17.2. The van der Waals surface area contributed by atoms with Crippen molar-refractivity contribution in [2.75, 3.05) is 7.11 Å². The van der Waals surface area contributed by atoms with Crippen LogP contribution in [-0.2, 0) is 4.74 Å². The molecule has 0 spiro atoms. The highest BCUT2D eigenvalue weighted by atomic mass is 28.3. The molecule has 132 valence electrons. The van der Waals surface area contributed by atoms with Crippen molar-refractivity contribution in [3.8, 4) is 5.75 Å². The van der Waals surface area contributed by atoms with Crippen molar-refractivity contribution in [2.24, 2.45) is 5.92 Å². The minimum Gasteiger partial charge on any atom is -0.497 e. The molecule has 0 N–H and O–H groups in total. The first kappa shape index (κ1) is 17.6. The third-order valence-electron chi connectivity index (χ3n) is 6.52. The van der Waals surface area contributed by atoms with Gasteiger partial charge in [0.05, 0.1) is 12.5 Å². The van der Waals surface area contributed by atoms with Crippen LogP contribution >= 0.6 is 0 Å². The number of fused-ring (bicyclic) bond motifs is 1. The Hall–Kier alpha value is -1.22. The highest BCUT2D eigenvalue weighted by molar-refractivity contribution is 6.86. The average Bonchev–Trinajstić information content (AvgIpc) is 3.04. The molecule has 3 heteroatoms. The van der Waals surface area contributed by atoms with E-state index in [0.29, 0.717) is 5.92 Å². The maximum atomic E-state index is 6.81. The minimum atomic E-state index is -1.45. The van der Waals surface area contributed by atoms with Crippen LogP contribution in [0.15, 0.2) is 35.2 Å². The van der Waals surface area contributed by atoms with Crippen molar-refractivity contribution in [3.05, 3.63) is 40.8 Å². The van der Waals surface area contributed by atoms with Crippen LogP contribution in [0.3, 0.4) is 0 Å². The van der Waals surface area contributed by atoms with Crippen molar-refractivity contribution in [3.63, 3.8) is 0 Å². The number of benzene rings is 1. The zero-order valence-electron chi connectivity index (χ0n) is 15.7. The lowest BCUT2D eigenvalue weighted by molar-refractivity contribution is 0.117. The molecule has 24 heavy (non-hydrogen) atoms. The summed E-state index contributed by atoms with van der Waals surface area (Å²) in [5.74, 6) is 1.53. The van der Waals surface area contributed by atoms with Crippen molar-refractivity contribution in [1.29, 1.82) is 0 Å². The summed E-state index contributed by atoms with van der Waals surface area (Å²) in [7, 11) is 0.274. The monoisotopic (exact) mass is 344 g/mol. The van der Waals surface area contributed by atoms with E-state index in [0.717, 1.165) is 5.75 Å². The number of rotatable bonds is 6. The molecule has 0 amide bonds. The van der Waals surface area contributed by atoms with Gasteiger partial charge in [-0.25, -0.2) is 0 Å². The number of hydrogen-bond acceptors (Lipinski definition) is 2. The number of ether oxygens (including phenoxy) is 2. The molecule has 0 aromatic heterocycles. The molecule has 2 atom stereocenters. The maximum Gasteiger partial charge on any atom is 0.130 e. The van der Waals surface area contributed by atoms with Gasteiger partial charge < -0.3 is 9.47 Å². The van der Waals surface area contributed by atoms with E-state index in [4.69, 9.17) is 9.47 Å². The summed E-state index contributed by atoms with van der Waals surface area (Å²) in [5.41, 5.74) is 3.01.